The van der Waals surface area contributed by atoms with Gasteiger partial charge in [-0.05, 0) is 11.0 Å². The van der Waals surface area contributed by atoms with Gasteiger partial charge in [0.1, 0.15) is 0 Å². The van der Waals surface area contributed by atoms with E-state index in [1.54, 1.807) is 0 Å². The molecule has 0 spiro atoms. The fourth-order valence-corrected chi connectivity index (χ4v) is 1.20. The van der Waals surface area contributed by atoms with Gasteiger partial charge < -0.3 is 0 Å². The van der Waals surface area contributed by atoms with Crippen LogP contribution in [0.15, 0.2) is 30.3 Å². The Hall–Kier alpha value is -0.563. The van der Waals surface area contributed by atoms with Gasteiger partial charge in [0, 0.05) is 10.2 Å². The second-order valence-corrected chi connectivity index (χ2v) is 3.78. The minimum Gasteiger partial charge on any atom is -0.0622 e. The van der Waals surface area contributed by atoms with Crippen LogP contribution in [-0.4, -0.2) is 10.2 Å². The van der Waals surface area contributed by atoms with Crippen molar-refractivity contribution < 1.29 is 0 Å². The van der Waals surface area contributed by atoms with Crippen LogP contribution in [0.25, 0.3) is 0 Å². The van der Waals surface area contributed by atoms with Gasteiger partial charge in [-0.15, -0.1) is 0 Å². The standard InChI is InChI=1S/C10H13Si/c1-10(2,8-11)9-6-4-3-5-7-9/h3-7H,8H2,1-2H3. The second-order valence-electron chi connectivity index (χ2n) is 3.43. The summed E-state index contributed by atoms with van der Waals surface area (Å²) in [6, 6.07) is 11.5. The molecule has 0 amide bonds. The van der Waals surface area contributed by atoms with Crippen LogP contribution in [0.2, 0.25) is 6.04 Å². The summed E-state index contributed by atoms with van der Waals surface area (Å²) in [6.45, 7) is 4.46. The molecule has 0 nitrogen and oxygen atoms in total. The van der Waals surface area contributed by atoms with E-state index >= 15 is 0 Å². The number of rotatable bonds is 2. The summed E-state index contributed by atoms with van der Waals surface area (Å²) in [7, 11) is 3.55. The minimum absolute atomic E-state index is 0.248. The predicted molar refractivity (Wildman–Crippen MR) is 50.0 cm³/mol. The zero-order valence-electron chi connectivity index (χ0n) is 7.09. The smallest absolute Gasteiger partial charge is 0.0232 e. The molecular weight excluding hydrogens is 148 g/mol. The van der Waals surface area contributed by atoms with E-state index in [1.807, 2.05) is 6.07 Å². The molecule has 0 saturated carbocycles. The zero-order chi connectivity index (χ0) is 8.32. The topological polar surface area (TPSA) is 0 Å². The van der Waals surface area contributed by atoms with Crippen molar-refractivity contribution in [1.82, 2.24) is 0 Å². The summed E-state index contributed by atoms with van der Waals surface area (Å²) < 4.78 is 0. The lowest BCUT2D eigenvalue weighted by atomic mass is 9.87. The van der Waals surface area contributed by atoms with E-state index in [-0.39, 0.29) is 5.41 Å². The van der Waals surface area contributed by atoms with Gasteiger partial charge in [-0.1, -0.05) is 50.2 Å². The molecule has 0 unspecified atom stereocenters. The van der Waals surface area contributed by atoms with Crippen molar-refractivity contribution in [2.45, 2.75) is 25.3 Å². The molecule has 0 N–H and O–H groups in total. The zero-order valence-corrected chi connectivity index (χ0v) is 8.09. The monoisotopic (exact) mass is 161 g/mol. The summed E-state index contributed by atoms with van der Waals surface area (Å²) >= 11 is 0. The van der Waals surface area contributed by atoms with Gasteiger partial charge in [0.05, 0.1) is 0 Å². The molecule has 0 atom stereocenters. The van der Waals surface area contributed by atoms with Gasteiger partial charge in [0.2, 0.25) is 0 Å². The third kappa shape index (κ3) is 1.93. The highest BCUT2D eigenvalue weighted by molar-refractivity contribution is 6.09. The van der Waals surface area contributed by atoms with Crippen LogP contribution in [0.5, 0.6) is 0 Å². The summed E-state index contributed by atoms with van der Waals surface area (Å²) in [5, 5.41) is 0. The van der Waals surface area contributed by atoms with Crippen molar-refractivity contribution in [1.29, 1.82) is 0 Å². The average molecular weight is 161 g/mol. The van der Waals surface area contributed by atoms with E-state index in [9.17, 15) is 0 Å². The van der Waals surface area contributed by atoms with Crippen LogP contribution in [0.3, 0.4) is 0 Å². The molecule has 1 aromatic rings. The maximum absolute atomic E-state index is 3.55. The van der Waals surface area contributed by atoms with Gasteiger partial charge >= 0.3 is 0 Å². The van der Waals surface area contributed by atoms with Crippen LogP contribution in [0, 0.1) is 0 Å². The lowest BCUT2D eigenvalue weighted by Crippen LogP contribution is -2.15. The molecule has 0 bridgehead atoms. The van der Waals surface area contributed by atoms with Gasteiger partial charge in [-0.25, -0.2) is 0 Å². The molecular formula is C10H13Si. The Morgan fingerprint density at radius 2 is 1.73 bits per heavy atom. The van der Waals surface area contributed by atoms with Crippen LogP contribution < -0.4 is 0 Å². The Bertz CT molecular complexity index is 214. The van der Waals surface area contributed by atoms with E-state index in [4.69, 9.17) is 0 Å². The van der Waals surface area contributed by atoms with Crippen molar-refractivity contribution in [3.8, 4) is 0 Å². The molecule has 0 saturated heterocycles. The molecule has 1 rings (SSSR count). The molecule has 57 valence electrons. The first-order chi connectivity index (χ1) is 5.17. The quantitative estimate of drug-likeness (QED) is 0.585. The molecule has 11 heavy (non-hydrogen) atoms. The van der Waals surface area contributed by atoms with Gasteiger partial charge in [0.15, 0.2) is 0 Å². The molecule has 0 aliphatic rings. The molecule has 0 fully saturated rings. The fraction of sp³-hybridized carbons (Fsp3) is 0.400. The Balaban J connectivity index is 2.93. The highest BCUT2D eigenvalue weighted by Crippen LogP contribution is 2.25. The molecule has 0 aromatic heterocycles. The second kappa shape index (κ2) is 3.22. The van der Waals surface area contributed by atoms with Crippen molar-refractivity contribution in [3.63, 3.8) is 0 Å². The molecule has 0 heterocycles. The third-order valence-electron chi connectivity index (χ3n) is 2.00. The van der Waals surface area contributed by atoms with E-state index in [0.717, 1.165) is 6.04 Å². The normalized spacial score (nSPS) is 11.5. The number of hydrogen-bond donors (Lipinski definition) is 0. The number of benzene rings is 1. The lowest BCUT2D eigenvalue weighted by molar-refractivity contribution is 0.590. The average Bonchev–Trinajstić information content (AvgIpc) is 2.06. The van der Waals surface area contributed by atoms with E-state index in [1.165, 1.54) is 5.56 Å². The van der Waals surface area contributed by atoms with Gasteiger partial charge in [-0.3, -0.25) is 0 Å². The molecule has 3 radical (unpaired) electrons. The van der Waals surface area contributed by atoms with Gasteiger partial charge in [-0.2, -0.15) is 0 Å². The number of hydrogen-bond acceptors (Lipinski definition) is 0. The van der Waals surface area contributed by atoms with E-state index in [0.29, 0.717) is 0 Å². The SMILES string of the molecule is CC(C)(C[Si])c1ccccc1. The Labute approximate surface area is 72.1 Å². The maximum atomic E-state index is 3.55. The Morgan fingerprint density at radius 3 is 2.18 bits per heavy atom. The summed E-state index contributed by atoms with van der Waals surface area (Å²) in [5.74, 6) is 0. The molecule has 0 aliphatic carbocycles. The third-order valence-corrected chi connectivity index (χ3v) is 2.88. The first-order valence-corrected chi connectivity index (χ1v) is 4.57. The molecule has 1 heteroatoms. The summed E-state index contributed by atoms with van der Waals surface area (Å²) in [6.07, 6.45) is 0. The summed E-state index contributed by atoms with van der Waals surface area (Å²) in [5.41, 5.74) is 1.63. The van der Waals surface area contributed by atoms with Crippen molar-refractivity contribution in [2.75, 3.05) is 0 Å². The Morgan fingerprint density at radius 1 is 1.18 bits per heavy atom. The molecule has 0 aliphatic heterocycles. The van der Waals surface area contributed by atoms with Crippen molar-refractivity contribution in [3.05, 3.63) is 35.9 Å². The largest absolute Gasteiger partial charge is 0.0622 e. The van der Waals surface area contributed by atoms with Gasteiger partial charge in [0.25, 0.3) is 0 Å². The van der Waals surface area contributed by atoms with Crippen LogP contribution in [0.1, 0.15) is 19.4 Å². The van der Waals surface area contributed by atoms with E-state index in [2.05, 4.69) is 48.4 Å². The predicted octanol–water partition coefficient (Wildman–Crippen LogP) is 2.55. The minimum atomic E-state index is 0.248. The highest BCUT2D eigenvalue weighted by atomic mass is 28.1. The van der Waals surface area contributed by atoms with Crippen LogP contribution >= 0.6 is 0 Å². The summed E-state index contributed by atoms with van der Waals surface area (Å²) in [4.78, 5) is 0. The van der Waals surface area contributed by atoms with Crippen LogP contribution in [0.4, 0.5) is 0 Å². The highest BCUT2D eigenvalue weighted by Gasteiger charge is 2.16. The van der Waals surface area contributed by atoms with Crippen molar-refractivity contribution >= 4 is 10.2 Å². The first kappa shape index (κ1) is 8.53. The van der Waals surface area contributed by atoms with Crippen LogP contribution in [-0.2, 0) is 5.41 Å². The van der Waals surface area contributed by atoms with E-state index < -0.39 is 0 Å². The lowest BCUT2D eigenvalue weighted by Gasteiger charge is -2.22. The van der Waals surface area contributed by atoms with Crippen molar-refractivity contribution in [2.24, 2.45) is 0 Å². The maximum Gasteiger partial charge on any atom is 0.0232 e. The molecule has 1 aromatic carbocycles. The first-order valence-electron chi connectivity index (χ1n) is 3.87. The Kier molecular flexibility index (Phi) is 2.50. The fourth-order valence-electron chi connectivity index (χ4n) is 0.991.